The van der Waals surface area contributed by atoms with E-state index in [0.717, 1.165) is 31.2 Å². The van der Waals surface area contributed by atoms with Crippen LogP contribution in [-0.2, 0) is 7.05 Å². The maximum Gasteiger partial charge on any atom is 0.255 e. The summed E-state index contributed by atoms with van der Waals surface area (Å²) in [5.74, 6) is 0.732. The number of hydrogen-bond donors (Lipinski definition) is 2. The summed E-state index contributed by atoms with van der Waals surface area (Å²) in [6.45, 7) is 0.268. The first kappa shape index (κ1) is 17.5. The molecule has 6 heteroatoms. The molecule has 1 aromatic heterocycles. The quantitative estimate of drug-likeness (QED) is 0.844. The molecule has 0 spiro atoms. The van der Waals surface area contributed by atoms with Gasteiger partial charge in [0.15, 0.2) is 0 Å². The Hall–Kier alpha value is -2.34. The molecule has 1 aliphatic carbocycles. The van der Waals surface area contributed by atoms with Gasteiger partial charge in [-0.15, -0.1) is 0 Å². The molecule has 2 N–H and O–H groups in total. The zero-order valence-corrected chi connectivity index (χ0v) is 14.7. The SMILES string of the molecule is COc1ccccc1-c1nn(C)cc1C(=O)NCC(O)C1CCCC1. The maximum absolute atomic E-state index is 12.7. The third-order valence-corrected chi connectivity index (χ3v) is 4.85. The average molecular weight is 343 g/mol. The molecule has 2 aromatic rings. The highest BCUT2D eigenvalue weighted by Gasteiger charge is 2.25. The van der Waals surface area contributed by atoms with Gasteiger partial charge < -0.3 is 15.2 Å². The third kappa shape index (κ3) is 3.85. The summed E-state index contributed by atoms with van der Waals surface area (Å²) in [6.07, 6.45) is 5.61. The van der Waals surface area contributed by atoms with Crippen molar-refractivity contribution in [2.45, 2.75) is 31.8 Å². The van der Waals surface area contributed by atoms with Crippen molar-refractivity contribution in [3.8, 4) is 17.0 Å². The number of carbonyl (C=O) groups is 1. The number of aryl methyl sites for hydroxylation is 1. The molecule has 1 aromatic carbocycles. The molecule has 1 heterocycles. The number of carbonyl (C=O) groups excluding carboxylic acids is 1. The highest BCUT2D eigenvalue weighted by Crippen LogP contribution is 2.31. The molecule has 1 amide bonds. The van der Waals surface area contributed by atoms with Gasteiger partial charge in [0.25, 0.3) is 5.91 Å². The van der Waals surface area contributed by atoms with Crippen molar-refractivity contribution in [1.82, 2.24) is 15.1 Å². The summed E-state index contributed by atoms with van der Waals surface area (Å²) in [4.78, 5) is 12.7. The first-order valence-electron chi connectivity index (χ1n) is 8.73. The van der Waals surface area contributed by atoms with E-state index in [0.29, 0.717) is 22.9 Å². The van der Waals surface area contributed by atoms with E-state index >= 15 is 0 Å². The minimum absolute atomic E-state index is 0.231. The molecule has 1 fully saturated rings. The second-order valence-electron chi connectivity index (χ2n) is 6.59. The fourth-order valence-electron chi connectivity index (χ4n) is 3.50. The molecule has 1 aliphatic rings. The lowest BCUT2D eigenvalue weighted by Gasteiger charge is -2.18. The van der Waals surface area contributed by atoms with Crippen LogP contribution in [0.1, 0.15) is 36.0 Å². The largest absolute Gasteiger partial charge is 0.496 e. The number of rotatable bonds is 6. The van der Waals surface area contributed by atoms with E-state index in [2.05, 4.69) is 10.4 Å². The van der Waals surface area contributed by atoms with Crippen LogP contribution < -0.4 is 10.1 Å². The fraction of sp³-hybridized carbons (Fsp3) is 0.474. The van der Waals surface area contributed by atoms with Crippen LogP contribution in [0, 0.1) is 5.92 Å². The maximum atomic E-state index is 12.7. The number of methoxy groups -OCH3 is 1. The van der Waals surface area contributed by atoms with Gasteiger partial charge in [-0.25, -0.2) is 0 Å². The van der Waals surface area contributed by atoms with Crippen LogP contribution in [0.5, 0.6) is 5.75 Å². The Morgan fingerprint density at radius 1 is 1.40 bits per heavy atom. The second-order valence-corrected chi connectivity index (χ2v) is 6.59. The normalized spacial score (nSPS) is 16.0. The number of aromatic nitrogens is 2. The van der Waals surface area contributed by atoms with E-state index in [1.807, 2.05) is 24.3 Å². The van der Waals surface area contributed by atoms with Crippen molar-refractivity contribution < 1.29 is 14.6 Å². The lowest BCUT2D eigenvalue weighted by Crippen LogP contribution is -2.35. The summed E-state index contributed by atoms with van der Waals surface area (Å²) in [7, 11) is 3.38. The van der Waals surface area contributed by atoms with E-state index in [4.69, 9.17) is 4.74 Å². The third-order valence-electron chi connectivity index (χ3n) is 4.85. The molecular weight excluding hydrogens is 318 g/mol. The molecule has 6 nitrogen and oxygen atoms in total. The first-order valence-corrected chi connectivity index (χ1v) is 8.73. The van der Waals surface area contributed by atoms with Gasteiger partial charge in [-0.3, -0.25) is 9.48 Å². The minimum Gasteiger partial charge on any atom is -0.496 e. The number of ether oxygens (including phenoxy) is 1. The lowest BCUT2D eigenvalue weighted by atomic mass is 10.0. The molecule has 1 saturated carbocycles. The van der Waals surface area contributed by atoms with Crippen LogP contribution in [-0.4, -0.2) is 40.6 Å². The number of nitrogens with one attached hydrogen (secondary N) is 1. The second kappa shape index (κ2) is 7.70. The highest BCUT2D eigenvalue weighted by atomic mass is 16.5. The average Bonchev–Trinajstić information content (AvgIpc) is 3.29. The summed E-state index contributed by atoms with van der Waals surface area (Å²) in [5, 5.41) is 17.5. The predicted molar refractivity (Wildman–Crippen MR) is 95.5 cm³/mol. The molecule has 0 saturated heterocycles. The summed E-state index contributed by atoms with van der Waals surface area (Å²) < 4.78 is 7.00. The number of aliphatic hydroxyl groups is 1. The van der Waals surface area contributed by atoms with E-state index < -0.39 is 6.10 Å². The molecule has 3 rings (SSSR count). The Balaban J connectivity index is 1.77. The molecule has 134 valence electrons. The summed E-state index contributed by atoms with van der Waals surface area (Å²) >= 11 is 0. The van der Waals surface area contributed by atoms with Crippen molar-refractivity contribution in [2.75, 3.05) is 13.7 Å². The van der Waals surface area contributed by atoms with Gasteiger partial charge in [-0.05, 0) is 30.9 Å². The Morgan fingerprint density at radius 3 is 2.84 bits per heavy atom. The van der Waals surface area contributed by atoms with Crippen LogP contribution in [0.3, 0.4) is 0 Å². The number of nitrogens with zero attached hydrogens (tertiary/aromatic N) is 2. The minimum atomic E-state index is -0.488. The summed E-state index contributed by atoms with van der Waals surface area (Å²) in [6, 6.07) is 7.49. The van der Waals surface area contributed by atoms with Crippen molar-refractivity contribution in [2.24, 2.45) is 13.0 Å². The van der Waals surface area contributed by atoms with Crippen LogP contribution in [0.15, 0.2) is 30.5 Å². The number of benzene rings is 1. The molecule has 1 atom stereocenters. The Bertz CT molecular complexity index is 735. The number of amides is 1. The zero-order valence-electron chi connectivity index (χ0n) is 14.7. The monoisotopic (exact) mass is 343 g/mol. The highest BCUT2D eigenvalue weighted by molar-refractivity contribution is 6.00. The Kier molecular flexibility index (Phi) is 5.38. The van der Waals surface area contributed by atoms with Gasteiger partial charge in [-0.2, -0.15) is 5.10 Å². The Morgan fingerprint density at radius 2 is 2.12 bits per heavy atom. The van der Waals surface area contributed by atoms with E-state index in [1.54, 1.807) is 25.0 Å². The van der Waals surface area contributed by atoms with E-state index in [-0.39, 0.29) is 12.5 Å². The van der Waals surface area contributed by atoms with Crippen LogP contribution in [0.25, 0.3) is 11.3 Å². The smallest absolute Gasteiger partial charge is 0.255 e. The van der Waals surface area contributed by atoms with E-state index in [1.165, 1.54) is 0 Å². The van der Waals surface area contributed by atoms with Crippen molar-refractivity contribution >= 4 is 5.91 Å². The van der Waals surface area contributed by atoms with Gasteiger partial charge in [0, 0.05) is 25.4 Å². The lowest BCUT2D eigenvalue weighted by molar-refractivity contribution is 0.0841. The van der Waals surface area contributed by atoms with Gasteiger partial charge in [0.05, 0.1) is 18.8 Å². The van der Waals surface area contributed by atoms with Gasteiger partial charge in [0.2, 0.25) is 0 Å². The van der Waals surface area contributed by atoms with Gasteiger partial charge >= 0.3 is 0 Å². The van der Waals surface area contributed by atoms with Crippen molar-refractivity contribution in [1.29, 1.82) is 0 Å². The molecule has 1 unspecified atom stereocenters. The van der Waals surface area contributed by atoms with Crippen LogP contribution in [0.4, 0.5) is 0 Å². The molecule has 0 bridgehead atoms. The number of aliphatic hydroxyl groups excluding tert-OH is 1. The first-order chi connectivity index (χ1) is 12.1. The van der Waals surface area contributed by atoms with Crippen LogP contribution >= 0.6 is 0 Å². The molecule has 0 radical (unpaired) electrons. The van der Waals surface area contributed by atoms with Crippen molar-refractivity contribution in [3.63, 3.8) is 0 Å². The predicted octanol–water partition coefficient (Wildman–Crippen LogP) is 2.38. The van der Waals surface area contributed by atoms with Gasteiger partial charge in [0.1, 0.15) is 11.4 Å². The van der Waals surface area contributed by atoms with E-state index in [9.17, 15) is 9.90 Å². The van der Waals surface area contributed by atoms with Crippen LogP contribution in [0.2, 0.25) is 0 Å². The molecule has 25 heavy (non-hydrogen) atoms. The summed E-state index contributed by atoms with van der Waals surface area (Å²) in [5.41, 5.74) is 1.82. The zero-order chi connectivity index (χ0) is 17.8. The topological polar surface area (TPSA) is 76.4 Å². The van der Waals surface area contributed by atoms with Crippen molar-refractivity contribution in [3.05, 3.63) is 36.0 Å². The fourth-order valence-corrected chi connectivity index (χ4v) is 3.50. The number of para-hydroxylation sites is 1. The Labute approximate surface area is 147 Å². The van der Waals surface area contributed by atoms with Gasteiger partial charge in [-0.1, -0.05) is 25.0 Å². The number of hydrogen-bond acceptors (Lipinski definition) is 4. The molecule has 0 aliphatic heterocycles. The standard InChI is InChI=1S/C19H25N3O3/c1-22-12-15(18(21-22)14-9-5-6-10-17(14)25-2)19(24)20-11-16(23)13-7-3-4-8-13/h5-6,9-10,12-13,16,23H,3-4,7-8,11H2,1-2H3,(H,20,24). The molecular formula is C19H25N3O3.